The first-order valence-electron chi connectivity index (χ1n) is 23.7. The zero-order valence-electron chi connectivity index (χ0n) is 38.3. The number of amides is 1. The smallest absolute Gasteiger partial charge is 0.391 e. The van der Waals surface area contributed by atoms with Crippen molar-refractivity contribution in [1.82, 2.24) is 5.32 Å². The van der Waals surface area contributed by atoms with Gasteiger partial charge in [-0.25, -0.2) is 4.57 Å². The average molecular weight is 836 g/mol. The highest BCUT2D eigenvalue weighted by Crippen LogP contribution is 2.43. The molecule has 8 nitrogen and oxygen atoms in total. The molecule has 0 fully saturated rings. The van der Waals surface area contributed by atoms with Crippen LogP contribution in [0.4, 0.5) is 0 Å². The fraction of sp³-hybridized carbons (Fsp3) is 0.776. The Morgan fingerprint density at radius 3 is 1.52 bits per heavy atom. The first-order valence-corrected chi connectivity index (χ1v) is 25.1. The summed E-state index contributed by atoms with van der Waals surface area (Å²) in [6, 6.07) is -0.765. The number of likely N-dealkylation sites (N-methyl/N-ethyl adjacent to an activating group) is 1. The number of aliphatic hydroxyl groups is 1. The Bertz CT molecular complexity index is 1130. The predicted octanol–water partition coefficient (Wildman–Crippen LogP) is 13.4. The maximum atomic E-state index is 12.9. The highest BCUT2D eigenvalue weighted by molar-refractivity contribution is 7.47. The van der Waals surface area contributed by atoms with Crippen LogP contribution in [0.25, 0.3) is 0 Å². The van der Waals surface area contributed by atoms with Crippen LogP contribution >= 0.6 is 7.82 Å². The van der Waals surface area contributed by atoms with Crippen LogP contribution in [0.5, 0.6) is 0 Å². The van der Waals surface area contributed by atoms with E-state index in [2.05, 4.69) is 79.9 Å². The van der Waals surface area contributed by atoms with Gasteiger partial charge in [-0.3, -0.25) is 13.8 Å². The molecule has 58 heavy (non-hydrogen) atoms. The van der Waals surface area contributed by atoms with Crippen LogP contribution in [0.2, 0.25) is 0 Å². The third kappa shape index (κ3) is 42.3. The summed E-state index contributed by atoms with van der Waals surface area (Å²) in [5, 5.41) is 13.9. The van der Waals surface area contributed by atoms with Gasteiger partial charge in [-0.05, 0) is 57.8 Å². The van der Waals surface area contributed by atoms with Crippen LogP contribution in [0, 0.1) is 0 Å². The fourth-order valence-corrected chi connectivity index (χ4v) is 7.28. The van der Waals surface area contributed by atoms with Crippen molar-refractivity contribution in [2.75, 3.05) is 40.9 Å². The Balaban J connectivity index is 4.23. The second-order valence-corrected chi connectivity index (χ2v) is 18.6. The quantitative estimate of drug-likeness (QED) is 0.0245. The molecule has 0 aromatic heterocycles. The van der Waals surface area contributed by atoms with Gasteiger partial charge in [-0.1, -0.05) is 190 Å². The monoisotopic (exact) mass is 836 g/mol. The molecule has 0 saturated heterocycles. The Morgan fingerprint density at radius 1 is 0.603 bits per heavy atom. The van der Waals surface area contributed by atoms with E-state index >= 15 is 0 Å². The van der Waals surface area contributed by atoms with Crippen LogP contribution < -0.4 is 5.32 Å². The largest absolute Gasteiger partial charge is 0.472 e. The molecule has 3 atom stereocenters. The third-order valence-corrected chi connectivity index (χ3v) is 11.3. The summed E-state index contributed by atoms with van der Waals surface area (Å²) in [4.78, 5) is 23.2. The number of aliphatic hydroxyl groups excluding tert-OH is 1. The minimum Gasteiger partial charge on any atom is -0.391 e. The van der Waals surface area contributed by atoms with Crippen molar-refractivity contribution < 1.29 is 32.9 Å². The van der Waals surface area contributed by atoms with E-state index in [9.17, 15) is 19.4 Å². The lowest BCUT2D eigenvalue weighted by molar-refractivity contribution is -0.870. The van der Waals surface area contributed by atoms with E-state index in [-0.39, 0.29) is 19.1 Å². The number of hydrogen-bond acceptors (Lipinski definition) is 5. The van der Waals surface area contributed by atoms with Crippen LogP contribution in [0.15, 0.2) is 60.8 Å². The number of carbonyl (C=O) groups is 1. The maximum Gasteiger partial charge on any atom is 0.472 e. The van der Waals surface area contributed by atoms with Gasteiger partial charge in [0.2, 0.25) is 5.91 Å². The number of nitrogens with zero attached hydrogens (tertiary/aromatic N) is 1. The van der Waals surface area contributed by atoms with Gasteiger partial charge in [-0.15, -0.1) is 0 Å². The Morgan fingerprint density at radius 2 is 1.03 bits per heavy atom. The first-order chi connectivity index (χ1) is 28.0. The van der Waals surface area contributed by atoms with E-state index in [0.717, 1.165) is 77.0 Å². The molecule has 0 aliphatic carbocycles. The number of unbranched alkanes of at least 4 members (excludes halogenated alkanes) is 19. The molecule has 0 bridgehead atoms. The second-order valence-electron chi connectivity index (χ2n) is 17.1. The van der Waals surface area contributed by atoms with Crippen molar-refractivity contribution in [3.8, 4) is 0 Å². The molecular weight excluding hydrogens is 744 g/mol. The van der Waals surface area contributed by atoms with Crippen LogP contribution in [-0.2, 0) is 18.4 Å². The lowest BCUT2D eigenvalue weighted by atomic mass is 10.0. The molecule has 0 radical (unpaired) electrons. The zero-order valence-corrected chi connectivity index (χ0v) is 39.2. The molecule has 338 valence electrons. The topological polar surface area (TPSA) is 105 Å². The van der Waals surface area contributed by atoms with E-state index in [1.54, 1.807) is 0 Å². The molecule has 0 heterocycles. The summed E-state index contributed by atoms with van der Waals surface area (Å²) in [5.41, 5.74) is 0. The average Bonchev–Trinajstić information content (AvgIpc) is 3.17. The number of carbonyl (C=O) groups excluding carboxylic acids is 1. The van der Waals surface area contributed by atoms with Gasteiger partial charge in [0.15, 0.2) is 0 Å². The lowest BCUT2D eigenvalue weighted by Gasteiger charge is -2.26. The summed E-state index contributed by atoms with van der Waals surface area (Å²) >= 11 is 0. The SMILES string of the molecule is CC/C=C\C/C=C\C/C=C\C/C=C\C/C=C\CCCCCCCCCCCC(=O)NC(COP(=O)(O)OCC[N+](C)(C)C)C(O)CCCCCCCCCCCCC. The third-order valence-electron chi connectivity index (χ3n) is 10.3. The normalized spacial score (nSPS) is 14.8. The number of quaternary nitrogens is 1. The molecule has 1 amide bonds. The highest BCUT2D eigenvalue weighted by atomic mass is 31.2. The first kappa shape index (κ1) is 56.2. The van der Waals surface area contributed by atoms with E-state index in [4.69, 9.17) is 9.05 Å². The molecule has 0 aliphatic rings. The molecular formula is C49H92N2O6P+. The molecule has 3 unspecified atom stereocenters. The molecule has 0 aliphatic heterocycles. The molecule has 9 heteroatoms. The molecule has 0 aromatic rings. The molecule has 3 N–H and O–H groups in total. The number of nitrogens with one attached hydrogen (secondary N) is 1. The molecule has 0 spiro atoms. The zero-order chi connectivity index (χ0) is 42.8. The lowest BCUT2D eigenvalue weighted by Crippen LogP contribution is -2.46. The van der Waals surface area contributed by atoms with Crippen molar-refractivity contribution in [2.24, 2.45) is 0 Å². The maximum absolute atomic E-state index is 12.9. The summed E-state index contributed by atoms with van der Waals surface area (Å²) < 4.78 is 23.6. The number of allylic oxidation sites excluding steroid dienone is 10. The number of phosphoric ester groups is 1. The van der Waals surface area contributed by atoms with E-state index in [1.165, 1.54) is 89.9 Å². The van der Waals surface area contributed by atoms with Gasteiger partial charge in [0.25, 0.3) is 0 Å². The van der Waals surface area contributed by atoms with E-state index in [0.29, 0.717) is 23.9 Å². The second kappa shape index (κ2) is 40.6. The van der Waals surface area contributed by atoms with Gasteiger partial charge in [0.05, 0.1) is 39.9 Å². The molecule has 0 aromatic carbocycles. The summed E-state index contributed by atoms with van der Waals surface area (Å²) in [5.74, 6) is -0.155. The molecule has 0 rings (SSSR count). The van der Waals surface area contributed by atoms with Crippen LogP contribution in [0.1, 0.15) is 194 Å². The summed E-state index contributed by atoms with van der Waals surface area (Å²) in [6.45, 7) is 4.75. The summed E-state index contributed by atoms with van der Waals surface area (Å²) in [6.07, 6.45) is 52.5. The Kier molecular flexibility index (Phi) is 39.3. The van der Waals surface area contributed by atoms with Crippen molar-refractivity contribution in [3.63, 3.8) is 0 Å². The number of hydrogen-bond donors (Lipinski definition) is 3. The number of phosphoric acid groups is 1. The number of rotatable bonds is 42. The van der Waals surface area contributed by atoms with Crippen molar-refractivity contribution in [2.45, 2.75) is 206 Å². The fourth-order valence-electron chi connectivity index (χ4n) is 6.54. The Labute approximate surface area is 358 Å². The summed E-state index contributed by atoms with van der Waals surface area (Å²) in [7, 11) is 1.60. The highest BCUT2D eigenvalue weighted by Gasteiger charge is 2.28. The molecule has 0 saturated carbocycles. The minimum atomic E-state index is -4.32. The van der Waals surface area contributed by atoms with Crippen LogP contribution in [-0.4, -0.2) is 73.4 Å². The van der Waals surface area contributed by atoms with Gasteiger partial charge in [0, 0.05) is 6.42 Å². The van der Waals surface area contributed by atoms with Gasteiger partial charge >= 0.3 is 7.82 Å². The standard InChI is InChI=1S/C49H91N2O6P/c1-6-8-10-12-14-16-18-19-20-21-22-23-24-25-26-27-28-29-30-31-33-35-37-39-41-43-49(53)50-47(46-57-58(54,55)56-45-44-51(3,4)5)48(52)42-40-38-36-34-32-17-15-13-11-9-7-2/h8,10,14,16,19-20,22-23,25-26,47-48,52H,6-7,9,11-13,15,17-18,21,24,27-46H2,1-5H3,(H-,50,53,54,55)/p+1/b10-8-,16-14-,20-19-,23-22-,26-25-. The van der Waals surface area contributed by atoms with Crippen molar-refractivity contribution in [3.05, 3.63) is 60.8 Å². The van der Waals surface area contributed by atoms with Crippen LogP contribution in [0.3, 0.4) is 0 Å². The predicted molar refractivity (Wildman–Crippen MR) is 249 cm³/mol. The van der Waals surface area contributed by atoms with Crippen molar-refractivity contribution in [1.29, 1.82) is 0 Å². The minimum absolute atomic E-state index is 0.0708. The van der Waals surface area contributed by atoms with Crippen molar-refractivity contribution >= 4 is 13.7 Å². The van der Waals surface area contributed by atoms with E-state index in [1.807, 2.05) is 21.1 Å². The Hall–Kier alpha value is -1.80. The van der Waals surface area contributed by atoms with E-state index < -0.39 is 20.0 Å². The van der Waals surface area contributed by atoms with Gasteiger partial charge < -0.3 is 19.8 Å². The van der Waals surface area contributed by atoms with Gasteiger partial charge in [0.1, 0.15) is 13.2 Å². The van der Waals surface area contributed by atoms with Gasteiger partial charge in [-0.2, -0.15) is 0 Å².